The number of nitrogens with zero attached hydrogens (tertiary/aromatic N) is 3. The van der Waals surface area contributed by atoms with E-state index in [-0.39, 0.29) is 10.6 Å². The van der Waals surface area contributed by atoms with Crippen LogP contribution in [-0.2, 0) is 0 Å². The minimum absolute atomic E-state index is 0.116. The van der Waals surface area contributed by atoms with Crippen LogP contribution in [0.25, 0.3) is 10.8 Å². The van der Waals surface area contributed by atoms with E-state index in [2.05, 4.69) is 15.2 Å². The number of rotatable bonds is 2. The smallest absolute Gasteiger partial charge is 0.270 e. The molecule has 0 aliphatic carbocycles. The quantitative estimate of drug-likeness (QED) is 0.653. The maximum absolute atomic E-state index is 10.8. The highest BCUT2D eigenvalue weighted by Crippen LogP contribution is 2.27. The fourth-order valence-corrected chi connectivity index (χ4v) is 2.39. The molecule has 1 aromatic carbocycles. The minimum atomic E-state index is -0.371. The summed E-state index contributed by atoms with van der Waals surface area (Å²) >= 11 is 0. The molecule has 0 saturated carbocycles. The van der Waals surface area contributed by atoms with Gasteiger partial charge in [0.1, 0.15) is 5.82 Å². The van der Waals surface area contributed by atoms with Gasteiger partial charge in [-0.3, -0.25) is 10.1 Å². The van der Waals surface area contributed by atoms with Gasteiger partial charge in [0.25, 0.3) is 5.69 Å². The molecule has 98 valence electrons. The number of benzene rings is 1. The number of nitro benzene ring substituents is 1. The minimum Gasteiger partial charge on any atom is -0.354 e. The summed E-state index contributed by atoms with van der Waals surface area (Å²) < 4.78 is 0. The molecule has 6 nitrogen and oxygen atoms in total. The second-order valence-corrected chi connectivity index (χ2v) is 4.53. The van der Waals surface area contributed by atoms with E-state index in [1.807, 2.05) is 6.07 Å². The first-order valence-electron chi connectivity index (χ1n) is 6.24. The first-order valence-corrected chi connectivity index (χ1v) is 6.24. The van der Waals surface area contributed by atoms with Crippen molar-refractivity contribution in [1.82, 2.24) is 10.3 Å². The maximum Gasteiger partial charge on any atom is 0.270 e. The van der Waals surface area contributed by atoms with Crippen molar-refractivity contribution in [2.75, 3.05) is 31.1 Å². The van der Waals surface area contributed by atoms with Gasteiger partial charge in [-0.25, -0.2) is 4.98 Å². The third kappa shape index (κ3) is 2.22. The van der Waals surface area contributed by atoms with Gasteiger partial charge in [-0.1, -0.05) is 0 Å². The number of anilines is 1. The predicted octanol–water partition coefficient (Wildman–Crippen LogP) is 1.55. The van der Waals surface area contributed by atoms with E-state index in [1.54, 1.807) is 18.3 Å². The molecule has 1 saturated heterocycles. The summed E-state index contributed by atoms with van der Waals surface area (Å²) in [6.07, 6.45) is 1.71. The first kappa shape index (κ1) is 11.9. The normalized spacial score (nSPS) is 15.7. The van der Waals surface area contributed by atoms with Crippen LogP contribution in [0.15, 0.2) is 30.5 Å². The Morgan fingerprint density at radius 3 is 2.79 bits per heavy atom. The second kappa shape index (κ2) is 4.81. The van der Waals surface area contributed by atoms with Crippen LogP contribution in [0.5, 0.6) is 0 Å². The molecule has 1 N–H and O–H groups in total. The van der Waals surface area contributed by atoms with Crippen molar-refractivity contribution in [3.05, 3.63) is 40.6 Å². The van der Waals surface area contributed by atoms with Gasteiger partial charge >= 0.3 is 0 Å². The van der Waals surface area contributed by atoms with Gasteiger partial charge in [0.05, 0.1) is 4.92 Å². The topological polar surface area (TPSA) is 71.3 Å². The molecule has 0 bridgehead atoms. The third-order valence-electron chi connectivity index (χ3n) is 3.35. The summed E-state index contributed by atoms with van der Waals surface area (Å²) in [5, 5.41) is 15.9. The molecule has 2 aromatic rings. The Hall–Kier alpha value is -2.21. The molecule has 0 spiro atoms. The van der Waals surface area contributed by atoms with Crippen LogP contribution in [0.4, 0.5) is 11.5 Å². The number of hydrogen-bond acceptors (Lipinski definition) is 5. The van der Waals surface area contributed by atoms with Crippen molar-refractivity contribution in [3.8, 4) is 0 Å². The van der Waals surface area contributed by atoms with E-state index in [4.69, 9.17) is 0 Å². The van der Waals surface area contributed by atoms with E-state index in [9.17, 15) is 10.1 Å². The Labute approximate surface area is 110 Å². The zero-order valence-corrected chi connectivity index (χ0v) is 10.4. The molecule has 0 amide bonds. The lowest BCUT2D eigenvalue weighted by atomic mass is 10.1. The molecule has 19 heavy (non-hydrogen) atoms. The lowest BCUT2D eigenvalue weighted by molar-refractivity contribution is -0.384. The average molecular weight is 258 g/mol. The molecule has 0 unspecified atom stereocenters. The zero-order valence-electron chi connectivity index (χ0n) is 10.4. The van der Waals surface area contributed by atoms with Crippen molar-refractivity contribution in [1.29, 1.82) is 0 Å². The van der Waals surface area contributed by atoms with Gasteiger partial charge in [0, 0.05) is 49.9 Å². The summed E-state index contributed by atoms with van der Waals surface area (Å²) in [6.45, 7) is 3.68. The molecule has 0 radical (unpaired) electrons. The van der Waals surface area contributed by atoms with Crippen molar-refractivity contribution >= 4 is 22.3 Å². The van der Waals surface area contributed by atoms with E-state index in [0.717, 1.165) is 42.8 Å². The van der Waals surface area contributed by atoms with Gasteiger partial charge < -0.3 is 10.2 Å². The van der Waals surface area contributed by atoms with E-state index in [1.165, 1.54) is 6.07 Å². The van der Waals surface area contributed by atoms with Gasteiger partial charge in [-0.15, -0.1) is 0 Å². The number of fused-ring (bicyclic) bond motifs is 1. The number of hydrogen-bond donors (Lipinski definition) is 1. The summed E-state index contributed by atoms with van der Waals surface area (Å²) in [5.74, 6) is 0.911. The zero-order chi connectivity index (χ0) is 13.2. The Bertz CT molecular complexity index is 623. The fraction of sp³-hybridized carbons (Fsp3) is 0.308. The van der Waals surface area contributed by atoms with Gasteiger partial charge in [0.2, 0.25) is 0 Å². The highest BCUT2D eigenvalue weighted by Gasteiger charge is 2.15. The van der Waals surface area contributed by atoms with Crippen LogP contribution < -0.4 is 10.2 Å². The van der Waals surface area contributed by atoms with Crippen LogP contribution in [0.3, 0.4) is 0 Å². The predicted molar refractivity (Wildman–Crippen MR) is 73.5 cm³/mol. The second-order valence-electron chi connectivity index (χ2n) is 4.53. The first-order chi connectivity index (χ1) is 9.25. The van der Waals surface area contributed by atoms with Crippen molar-refractivity contribution < 1.29 is 4.92 Å². The number of pyridine rings is 1. The van der Waals surface area contributed by atoms with Crippen LogP contribution in [0.1, 0.15) is 0 Å². The lowest BCUT2D eigenvalue weighted by Gasteiger charge is -2.29. The Balaban J connectivity index is 2.07. The number of nitro groups is 1. The van der Waals surface area contributed by atoms with Crippen LogP contribution in [-0.4, -0.2) is 36.1 Å². The number of nitrogens with one attached hydrogen (secondary N) is 1. The summed E-state index contributed by atoms with van der Waals surface area (Å²) in [6, 6.07) is 6.74. The van der Waals surface area contributed by atoms with Gasteiger partial charge in [-0.2, -0.15) is 0 Å². The van der Waals surface area contributed by atoms with Crippen molar-refractivity contribution in [2.45, 2.75) is 0 Å². The van der Waals surface area contributed by atoms with Crippen LogP contribution >= 0.6 is 0 Å². The number of aromatic nitrogens is 1. The van der Waals surface area contributed by atoms with Crippen LogP contribution in [0, 0.1) is 10.1 Å². The molecule has 1 aliphatic rings. The van der Waals surface area contributed by atoms with E-state index >= 15 is 0 Å². The Morgan fingerprint density at radius 2 is 2.05 bits per heavy atom. The summed E-state index contributed by atoms with van der Waals surface area (Å²) in [7, 11) is 0. The van der Waals surface area contributed by atoms with Crippen molar-refractivity contribution in [3.63, 3.8) is 0 Å². The molecule has 6 heteroatoms. The van der Waals surface area contributed by atoms with Gasteiger partial charge in [0.15, 0.2) is 0 Å². The highest BCUT2D eigenvalue weighted by molar-refractivity contribution is 5.93. The summed E-state index contributed by atoms with van der Waals surface area (Å²) in [5.41, 5.74) is 0.116. The standard InChI is InChI=1S/C13H14N4O2/c18-17(19)11-1-2-12-10(9-11)3-4-15-13(12)16-7-5-14-6-8-16/h1-4,9,14H,5-8H2. The molecule has 0 atom stereocenters. The molecule has 2 heterocycles. The van der Waals surface area contributed by atoms with E-state index in [0.29, 0.717) is 0 Å². The largest absolute Gasteiger partial charge is 0.354 e. The summed E-state index contributed by atoms with van der Waals surface area (Å²) in [4.78, 5) is 17.1. The fourth-order valence-electron chi connectivity index (χ4n) is 2.39. The highest BCUT2D eigenvalue weighted by atomic mass is 16.6. The lowest BCUT2D eigenvalue weighted by Crippen LogP contribution is -2.43. The molecule has 3 rings (SSSR count). The average Bonchev–Trinajstić information content (AvgIpc) is 2.47. The van der Waals surface area contributed by atoms with E-state index < -0.39 is 0 Å². The van der Waals surface area contributed by atoms with Crippen LogP contribution in [0.2, 0.25) is 0 Å². The Morgan fingerprint density at radius 1 is 1.26 bits per heavy atom. The molecular weight excluding hydrogens is 244 g/mol. The Kier molecular flexibility index (Phi) is 3.00. The monoisotopic (exact) mass is 258 g/mol. The maximum atomic E-state index is 10.8. The molecule has 1 fully saturated rings. The molecule has 1 aromatic heterocycles. The van der Waals surface area contributed by atoms with Gasteiger partial charge in [-0.05, 0) is 17.5 Å². The number of non-ortho nitro benzene ring substituents is 1. The number of piperazine rings is 1. The third-order valence-corrected chi connectivity index (χ3v) is 3.35. The SMILES string of the molecule is O=[N+]([O-])c1ccc2c(N3CCNCC3)nccc2c1. The molecular formula is C13H14N4O2. The van der Waals surface area contributed by atoms with Crippen molar-refractivity contribution in [2.24, 2.45) is 0 Å². The molecule has 1 aliphatic heterocycles.